The minimum atomic E-state index is -3.60. The van der Waals surface area contributed by atoms with Gasteiger partial charge in [-0.15, -0.1) is 0 Å². The van der Waals surface area contributed by atoms with Gasteiger partial charge in [0.25, 0.3) is 0 Å². The van der Waals surface area contributed by atoms with Crippen LogP contribution in [0.5, 0.6) is 0 Å². The zero-order chi connectivity index (χ0) is 18.6. The number of anilines is 2. The van der Waals surface area contributed by atoms with E-state index in [1.165, 1.54) is 6.33 Å². The van der Waals surface area contributed by atoms with E-state index in [1.807, 2.05) is 36.4 Å². The van der Waals surface area contributed by atoms with Crippen LogP contribution < -0.4 is 10.5 Å². The van der Waals surface area contributed by atoms with Crippen LogP contribution in [-0.2, 0) is 10.0 Å². The first kappa shape index (κ1) is 17.8. The van der Waals surface area contributed by atoms with Gasteiger partial charge in [0, 0.05) is 23.0 Å². The number of fused-ring (bicyclic) bond motifs is 1. The lowest BCUT2D eigenvalue weighted by Gasteiger charge is -2.12. The molecule has 132 valence electrons. The Bertz CT molecular complexity index is 1080. The second-order valence-corrected chi connectivity index (χ2v) is 7.62. The number of nitrogens with zero attached hydrogens (tertiary/aromatic N) is 3. The molecule has 3 aromatic rings. The minimum absolute atomic E-state index is 0.159. The van der Waals surface area contributed by atoms with Crippen LogP contribution >= 0.6 is 0 Å². The van der Waals surface area contributed by atoms with Crippen LogP contribution in [0.2, 0.25) is 0 Å². The number of aromatic nitrogens is 2. The van der Waals surface area contributed by atoms with Gasteiger partial charge in [-0.1, -0.05) is 12.1 Å². The van der Waals surface area contributed by atoms with Gasteiger partial charge in [0.15, 0.2) is 0 Å². The van der Waals surface area contributed by atoms with Crippen molar-refractivity contribution < 1.29 is 8.42 Å². The van der Waals surface area contributed by atoms with E-state index >= 15 is 0 Å². The topological polar surface area (TPSA) is 122 Å². The highest BCUT2D eigenvalue weighted by Gasteiger charge is 2.14. The summed E-state index contributed by atoms with van der Waals surface area (Å²) in [4.78, 5) is 8.20. The zero-order valence-corrected chi connectivity index (χ0v) is 14.6. The summed E-state index contributed by atoms with van der Waals surface area (Å²) in [7, 11) is -3.60. The molecule has 3 N–H and O–H groups in total. The normalized spacial score (nSPS) is 12.5. The molecule has 7 nitrogen and oxygen atoms in total. The Morgan fingerprint density at radius 3 is 2.77 bits per heavy atom. The van der Waals surface area contributed by atoms with Gasteiger partial charge in [-0.3, -0.25) is 0 Å². The van der Waals surface area contributed by atoms with Gasteiger partial charge in [0.05, 0.1) is 23.3 Å². The molecule has 0 radical (unpaired) electrons. The standard InChI is InChI=1S/C18H17N5O2S/c19-10-14(6-7-26(20,24)25)13-2-1-3-16(8-13)23-17-4-5-18-15(9-17)11-21-12-22-18/h1-5,8-9,11-12,14,23H,6-7H2,(H2,20,24,25). The molecule has 1 aromatic heterocycles. The number of nitrogens with two attached hydrogens (primary N) is 1. The second-order valence-electron chi connectivity index (χ2n) is 5.88. The van der Waals surface area contributed by atoms with E-state index in [0.29, 0.717) is 0 Å². The highest BCUT2D eigenvalue weighted by atomic mass is 32.2. The number of nitriles is 1. The molecule has 0 bridgehead atoms. The molecule has 0 spiro atoms. The molecule has 0 aliphatic rings. The predicted molar refractivity (Wildman–Crippen MR) is 100 cm³/mol. The van der Waals surface area contributed by atoms with E-state index in [1.54, 1.807) is 12.3 Å². The number of sulfonamides is 1. The zero-order valence-electron chi connectivity index (χ0n) is 13.8. The van der Waals surface area contributed by atoms with E-state index in [9.17, 15) is 13.7 Å². The first-order valence-electron chi connectivity index (χ1n) is 7.91. The fourth-order valence-electron chi connectivity index (χ4n) is 2.65. The summed E-state index contributed by atoms with van der Waals surface area (Å²) >= 11 is 0. The molecule has 3 rings (SSSR count). The Hall–Kier alpha value is -3.02. The molecule has 1 heterocycles. The Labute approximate surface area is 151 Å². The molecule has 0 saturated heterocycles. The number of hydrogen-bond acceptors (Lipinski definition) is 6. The van der Waals surface area contributed by atoms with E-state index in [0.717, 1.165) is 27.8 Å². The minimum Gasteiger partial charge on any atom is -0.355 e. The summed E-state index contributed by atoms with van der Waals surface area (Å²) in [6, 6.07) is 15.2. The maximum Gasteiger partial charge on any atom is 0.209 e. The molecule has 26 heavy (non-hydrogen) atoms. The quantitative estimate of drug-likeness (QED) is 0.691. The number of primary sulfonamides is 1. The lowest BCUT2D eigenvalue weighted by atomic mass is 9.97. The summed E-state index contributed by atoms with van der Waals surface area (Å²) in [6.45, 7) is 0. The van der Waals surface area contributed by atoms with Crippen molar-refractivity contribution in [2.45, 2.75) is 12.3 Å². The van der Waals surface area contributed by atoms with Crippen molar-refractivity contribution in [3.8, 4) is 6.07 Å². The Balaban J connectivity index is 1.80. The van der Waals surface area contributed by atoms with Crippen LogP contribution in [-0.4, -0.2) is 24.1 Å². The summed E-state index contributed by atoms with van der Waals surface area (Å²) in [5.74, 6) is -0.770. The van der Waals surface area contributed by atoms with Crippen LogP contribution in [0, 0.1) is 11.3 Å². The summed E-state index contributed by atoms with van der Waals surface area (Å²) in [5, 5.41) is 18.6. The van der Waals surface area contributed by atoms with Crippen LogP contribution in [0.4, 0.5) is 11.4 Å². The number of benzene rings is 2. The van der Waals surface area contributed by atoms with E-state index in [2.05, 4.69) is 21.4 Å². The van der Waals surface area contributed by atoms with Gasteiger partial charge in [-0.05, 0) is 42.3 Å². The lowest BCUT2D eigenvalue weighted by Crippen LogP contribution is -2.18. The summed E-state index contributed by atoms with van der Waals surface area (Å²) < 4.78 is 22.3. The van der Waals surface area contributed by atoms with Gasteiger partial charge in [-0.25, -0.2) is 23.5 Å². The molecule has 0 fully saturated rings. The molecule has 8 heteroatoms. The van der Waals surface area contributed by atoms with Crippen molar-refractivity contribution in [1.82, 2.24) is 9.97 Å². The van der Waals surface area contributed by atoms with Crippen molar-refractivity contribution in [1.29, 1.82) is 5.26 Å². The third kappa shape index (κ3) is 4.53. The largest absolute Gasteiger partial charge is 0.355 e. The van der Waals surface area contributed by atoms with Crippen LogP contribution in [0.15, 0.2) is 55.0 Å². The van der Waals surface area contributed by atoms with Gasteiger partial charge in [-0.2, -0.15) is 5.26 Å². The monoisotopic (exact) mass is 367 g/mol. The maximum absolute atomic E-state index is 11.1. The SMILES string of the molecule is N#CC(CCS(N)(=O)=O)c1cccc(Nc2ccc3ncncc3c2)c1. The Morgan fingerprint density at radius 2 is 2.00 bits per heavy atom. The lowest BCUT2D eigenvalue weighted by molar-refractivity contribution is 0.593. The Kier molecular flexibility index (Phi) is 5.11. The van der Waals surface area contributed by atoms with Crippen LogP contribution in [0.3, 0.4) is 0 Å². The molecule has 1 atom stereocenters. The molecule has 0 aliphatic carbocycles. The highest BCUT2D eigenvalue weighted by molar-refractivity contribution is 7.89. The van der Waals surface area contributed by atoms with Crippen LogP contribution in [0.1, 0.15) is 17.9 Å². The Morgan fingerprint density at radius 1 is 1.19 bits per heavy atom. The van der Waals surface area contributed by atoms with Crippen molar-refractivity contribution in [3.63, 3.8) is 0 Å². The van der Waals surface area contributed by atoms with Crippen molar-refractivity contribution in [3.05, 3.63) is 60.6 Å². The number of rotatable bonds is 6. The van der Waals surface area contributed by atoms with Gasteiger partial charge in [0.1, 0.15) is 6.33 Å². The molecular weight excluding hydrogens is 350 g/mol. The fraction of sp³-hybridized carbons (Fsp3) is 0.167. The average molecular weight is 367 g/mol. The molecule has 1 unspecified atom stereocenters. The first-order chi connectivity index (χ1) is 12.4. The van der Waals surface area contributed by atoms with Gasteiger partial charge < -0.3 is 5.32 Å². The van der Waals surface area contributed by atoms with E-state index in [4.69, 9.17) is 5.14 Å². The molecule has 0 amide bonds. The predicted octanol–water partition coefficient (Wildman–Crippen LogP) is 2.66. The fourth-order valence-corrected chi connectivity index (χ4v) is 3.21. The molecule has 0 aliphatic heterocycles. The summed E-state index contributed by atoms with van der Waals surface area (Å²) in [5.41, 5.74) is 3.26. The summed E-state index contributed by atoms with van der Waals surface area (Å²) in [6.07, 6.45) is 3.40. The second kappa shape index (κ2) is 7.47. The smallest absolute Gasteiger partial charge is 0.209 e. The van der Waals surface area contributed by atoms with Crippen molar-refractivity contribution >= 4 is 32.3 Å². The molecular formula is C18H17N5O2S. The highest BCUT2D eigenvalue weighted by Crippen LogP contribution is 2.25. The van der Waals surface area contributed by atoms with E-state index < -0.39 is 15.9 Å². The third-order valence-corrected chi connectivity index (χ3v) is 4.73. The first-order valence-corrected chi connectivity index (χ1v) is 9.63. The number of hydrogen-bond donors (Lipinski definition) is 2. The number of nitrogens with one attached hydrogen (secondary N) is 1. The van der Waals surface area contributed by atoms with Crippen LogP contribution in [0.25, 0.3) is 10.9 Å². The maximum atomic E-state index is 11.1. The molecule has 2 aromatic carbocycles. The third-order valence-electron chi connectivity index (χ3n) is 3.93. The average Bonchev–Trinajstić information content (AvgIpc) is 2.61. The van der Waals surface area contributed by atoms with E-state index in [-0.39, 0.29) is 12.2 Å². The molecule has 0 saturated carbocycles. The van der Waals surface area contributed by atoms with Crippen molar-refractivity contribution in [2.75, 3.05) is 11.1 Å². The van der Waals surface area contributed by atoms with Gasteiger partial charge in [0.2, 0.25) is 10.0 Å². The van der Waals surface area contributed by atoms with Gasteiger partial charge >= 0.3 is 0 Å². The van der Waals surface area contributed by atoms with Crippen molar-refractivity contribution in [2.24, 2.45) is 5.14 Å².